The first kappa shape index (κ1) is 18.9. The summed E-state index contributed by atoms with van der Waals surface area (Å²) in [4.78, 5) is 9.70. The number of ether oxygens (including phenoxy) is 1. The van der Waals surface area contributed by atoms with E-state index in [2.05, 4.69) is 64.5 Å². The second-order valence-corrected chi connectivity index (χ2v) is 6.93. The molecule has 1 N–H and O–H groups in total. The Hall–Kier alpha value is -1.85. The lowest BCUT2D eigenvalue weighted by atomic mass is 10.2. The lowest BCUT2D eigenvalue weighted by Crippen LogP contribution is -2.52. The molecule has 5 nitrogen and oxygen atoms in total. The van der Waals surface area contributed by atoms with Crippen LogP contribution in [0, 0.1) is 0 Å². The van der Waals surface area contributed by atoms with Crippen molar-refractivity contribution in [2.45, 2.75) is 25.9 Å². The zero-order valence-corrected chi connectivity index (χ0v) is 15.9. The number of nitrogens with zero attached hydrogens (tertiary/aromatic N) is 3. The molecule has 5 heteroatoms. The van der Waals surface area contributed by atoms with Gasteiger partial charge in [-0.05, 0) is 25.3 Å². The summed E-state index contributed by atoms with van der Waals surface area (Å²) >= 11 is 0. The Kier molecular flexibility index (Phi) is 7.52. The highest BCUT2D eigenvalue weighted by Gasteiger charge is 2.20. The standard InChI is InChI=1S/C21H32N4O/c1-2-22-21(23-18-20-11-7-17-26-20)25-15-13-24(14-16-25)12-6-10-19-8-4-3-5-9-19/h3-6,8-10,20H,2,7,11-18H2,1H3,(H,22,23)/b10-6+. The van der Waals surface area contributed by atoms with Crippen molar-refractivity contribution in [2.75, 3.05) is 52.4 Å². The van der Waals surface area contributed by atoms with Crippen molar-refractivity contribution >= 4 is 12.0 Å². The van der Waals surface area contributed by atoms with Gasteiger partial charge < -0.3 is 15.0 Å². The van der Waals surface area contributed by atoms with Gasteiger partial charge in [0.05, 0.1) is 12.6 Å². The normalized spacial score (nSPS) is 22.3. The summed E-state index contributed by atoms with van der Waals surface area (Å²) in [5.74, 6) is 1.04. The fraction of sp³-hybridized carbons (Fsp3) is 0.571. The highest BCUT2D eigenvalue weighted by atomic mass is 16.5. The lowest BCUT2D eigenvalue weighted by Gasteiger charge is -2.36. The van der Waals surface area contributed by atoms with Crippen molar-refractivity contribution < 1.29 is 4.74 Å². The molecule has 142 valence electrons. The van der Waals surface area contributed by atoms with E-state index in [0.29, 0.717) is 6.10 Å². The van der Waals surface area contributed by atoms with E-state index >= 15 is 0 Å². The molecule has 0 spiro atoms. The van der Waals surface area contributed by atoms with Crippen LogP contribution >= 0.6 is 0 Å². The number of hydrogen-bond acceptors (Lipinski definition) is 3. The molecule has 2 saturated heterocycles. The van der Waals surface area contributed by atoms with Gasteiger partial charge >= 0.3 is 0 Å². The molecule has 0 aromatic heterocycles. The van der Waals surface area contributed by atoms with Crippen molar-refractivity contribution in [3.8, 4) is 0 Å². The van der Waals surface area contributed by atoms with Crippen LogP contribution in [0.3, 0.4) is 0 Å². The minimum absolute atomic E-state index is 0.313. The molecule has 2 fully saturated rings. The van der Waals surface area contributed by atoms with E-state index in [1.54, 1.807) is 0 Å². The quantitative estimate of drug-likeness (QED) is 0.628. The van der Waals surface area contributed by atoms with E-state index in [1.807, 2.05) is 0 Å². The fourth-order valence-electron chi connectivity index (χ4n) is 3.45. The Morgan fingerprint density at radius 1 is 1.23 bits per heavy atom. The minimum atomic E-state index is 0.313. The maximum atomic E-state index is 5.70. The SMILES string of the molecule is CCNC(=NCC1CCCO1)N1CCN(C/C=C/c2ccccc2)CC1. The minimum Gasteiger partial charge on any atom is -0.376 e. The van der Waals surface area contributed by atoms with E-state index in [1.165, 1.54) is 12.0 Å². The molecule has 0 amide bonds. The molecular formula is C21H32N4O. The molecule has 2 aliphatic rings. The summed E-state index contributed by atoms with van der Waals surface area (Å²) in [5, 5.41) is 3.44. The number of benzene rings is 1. The molecule has 0 aliphatic carbocycles. The first-order chi connectivity index (χ1) is 12.8. The zero-order valence-electron chi connectivity index (χ0n) is 15.9. The van der Waals surface area contributed by atoms with E-state index in [9.17, 15) is 0 Å². The van der Waals surface area contributed by atoms with E-state index in [-0.39, 0.29) is 0 Å². The monoisotopic (exact) mass is 356 g/mol. The molecule has 2 heterocycles. The number of hydrogen-bond donors (Lipinski definition) is 1. The third-order valence-electron chi connectivity index (χ3n) is 4.95. The highest BCUT2D eigenvalue weighted by molar-refractivity contribution is 5.80. The topological polar surface area (TPSA) is 40.1 Å². The second-order valence-electron chi connectivity index (χ2n) is 6.93. The van der Waals surface area contributed by atoms with Gasteiger partial charge in [-0.25, -0.2) is 0 Å². The maximum Gasteiger partial charge on any atom is 0.194 e. The van der Waals surface area contributed by atoms with Gasteiger partial charge in [-0.15, -0.1) is 0 Å². The molecule has 26 heavy (non-hydrogen) atoms. The Bertz CT molecular complexity index is 573. The van der Waals surface area contributed by atoms with Crippen LogP contribution in [-0.4, -0.2) is 74.3 Å². The van der Waals surface area contributed by atoms with Gasteiger partial charge in [-0.2, -0.15) is 0 Å². The zero-order chi connectivity index (χ0) is 18.0. The lowest BCUT2D eigenvalue weighted by molar-refractivity contribution is 0.117. The second kappa shape index (κ2) is 10.3. The fourth-order valence-corrected chi connectivity index (χ4v) is 3.45. The first-order valence-electron chi connectivity index (χ1n) is 9.94. The van der Waals surface area contributed by atoms with Gasteiger partial charge in [0.15, 0.2) is 5.96 Å². The van der Waals surface area contributed by atoms with Gasteiger partial charge in [-0.3, -0.25) is 9.89 Å². The Morgan fingerprint density at radius 3 is 2.73 bits per heavy atom. The summed E-state index contributed by atoms with van der Waals surface area (Å²) in [5.41, 5.74) is 1.27. The van der Waals surface area contributed by atoms with E-state index in [0.717, 1.165) is 64.8 Å². The molecule has 0 radical (unpaired) electrons. The van der Waals surface area contributed by atoms with Gasteiger partial charge in [0.2, 0.25) is 0 Å². The average Bonchev–Trinajstić information content (AvgIpc) is 3.20. The number of nitrogens with one attached hydrogen (secondary N) is 1. The van der Waals surface area contributed by atoms with Crippen LogP contribution in [0.15, 0.2) is 41.4 Å². The van der Waals surface area contributed by atoms with Crippen LogP contribution in [-0.2, 0) is 4.74 Å². The summed E-state index contributed by atoms with van der Waals surface area (Å²) < 4.78 is 5.70. The summed E-state index contributed by atoms with van der Waals surface area (Å²) in [6.45, 7) is 9.91. The first-order valence-corrected chi connectivity index (χ1v) is 9.94. The maximum absolute atomic E-state index is 5.70. The third kappa shape index (κ3) is 5.85. The Morgan fingerprint density at radius 2 is 2.04 bits per heavy atom. The Balaban J connectivity index is 1.44. The van der Waals surface area contributed by atoms with Crippen LogP contribution in [0.5, 0.6) is 0 Å². The molecule has 0 saturated carbocycles. The molecule has 1 atom stereocenters. The molecule has 1 unspecified atom stereocenters. The van der Waals surface area contributed by atoms with Gasteiger partial charge in [0, 0.05) is 45.9 Å². The van der Waals surface area contributed by atoms with Crippen LogP contribution in [0.1, 0.15) is 25.3 Å². The predicted molar refractivity (Wildman–Crippen MR) is 108 cm³/mol. The van der Waals surface area contributed by atoms with Crippen LogP contribution in [0.2, 0.25) is 0 Å². The van der Waals surface area contributed by atoms with Crippen LogP contribution in [0.4, 0.5) is 0 Å². The molecule has 0 bridgehead atoms. The van der Waals surface area contributed by atoms with Gasteiger partial charge in [0.1, 0.15) is 0 Å². The van der Waals surface area contributed by atoms with Gasteiger partial charge in [-0.1, -0.05) is 42.5 Å². The van der Waals surface area contributed by atoms with Crippen LogP contribution < -0.4 is 5.32 Å². The molecule has 1 aromatic rings. The molecular weight excluding hydrogens is 324 g/mol. The number of piperazine rings is 1. The molecule has 3 rings (SSSR count). The third-order valence-corrected chi connectivity index (χ3v) is 4.95. The van der Waals surface area contributed by atoms with Crippen molar-refractivity contribution in [2.24, 2.45) is 4.99 Å². The van der Waals surface area contributed by atoms with Crippen molar-refractivity contribution in [3.63, 3.8) is 0 Å². The number of rotatable bonds is 6. The molecule has 2 aliphatic heterocycles. The van der Waals surface area contributed by atoms with E-state index < -0.39 is 0 Å². The number of guanidine groups is 1. The van der Waals surface area contributed by atoms with Crippen LogP contribution in [0.25, 0.3) is 6.08 Å². The average molecular weight is 357 g/mol. The predicted octanol–water partition coefficient (Wildman–Crippen LogP) is 2.46. The van der Waals surface area contributed by atoms with Crippen molar-refractivity contribution in [1.29, 1.82) is 0 Å². The highest BCUT2D eigenvalue weighted by Crippen LogP contribution is 2.12. The van der Waals surface area contributed by atoms with Crippen molar-refractivity contribution in [3.05, 3.63) is 42.0 Å². The molecule has 1 aromatic carbocycles. The smallest absolute Gasteiger partial charge is 0.194 e. The van der Waals surface area contributed by atoms with Crippen molar-refractivity contribution in [1.82, 2.24) is 15.1 Å². The largest absolute Gasteiger partial charge is 0.376 e. The number of aliphatic imine (C=N–C) groups is 1. The van der Waals surface area contributed by atoms with E-state index in [4.69, 9.17) is 9.73 Å². The Labute approximate surface area is 157 Å². The summed E-state index contributed by atoms with van der Waals surface area (Å²) in [6, 6.07) is 10.5. The van der Waals surface area contributed by atoms with Gasteiger partial charge in [0.25, 0.3) is 0 Å². The summed E-state index contributed by atoms with van der Waals surface area (Å²) in [7, 11) is 0. The summed E-state index contributed by atoms with van der Waals surface area (Å²) in [6.07, 6.45) is 7.10.